The van der Waals surface area contributed by atoms with Gasteiger partial charge in [-0.05, 0) is 49.1 Å². The van der Waals surface area contributed by atoms with Gasteiger partial charge in [-0.2, -0.15) is 0 Å². The highest BCUT2D eigenvalue weighted by Crippen LogP contribution is 2.40. The summed E-state index contributed by atoms with van der Waals surface area (Å²) >= 11 is 0. The lowest BCUT2D eigenvalue weighted by Crippen LogP contribution is -2.35. The average Bonchev–Trinajstić information content (AvgIpc) is 2.32. The highest BCUT2D eigenvalue weighted by Gasteiger charge is 2.32. The van der Waals surface area contributed by atoms with Crippen LogP contribution >= 0.6 is 0 Å². The molecule has 0 heterocycles. The number of hydrogen-bond donors (Lipinski definition) is 2. The third-order valence-electron chi connectivity index (χ3n) is 4.35. The van der Waals surface area contributed by atoms with Gasteiger partial charge in [0.25, 0.3) is 0 Å². The Balaban J connectivity index is 2.16. The van der Waals surface area contributed by atoms with Gasteiger partial charge in [-0.25, -0.2) is 0 Å². The van der Waals surface area contributed by atoms with Crippen LogP contribution in [-0.2, 0) is 4.79 Å². The molecule has 2 rings (SSSR count). The predicted octanol–water partition coefficient (Wildman–Crippen LogP) is 4.13. The highest BCUT2D eigenvalue weighted by molar-refractivity contribution is 5.74. The van der Waals surface area contributed by atoms with Gasteiger partial charge in [0.15, 0.2) is 0 Å². The minimum absolute atomic E-state index is 0.328. The Morgan fingerprint density at radius 3 is 2.64 bits per heavy atom. The van der Waals surface area contributed by atoms with Crippen molar-refractivity contribution in [3.05, 3.63) is 17.7 Å². The monoisotopic (exact) mass is 304 g/mol. The number of aryl methyl sites for hydroxylation is 1. The van der Waals surface area contributed by atoms with Crippen molar-refractivity contribution in [1.29, 1.82) is 0 Å². The van der Waals surface area contributed by atoms with Crippen molar-refractivity contribution in [2.75, 3.05) is 11.1 Å². The molecule has 3 N–H and O–H groups in total. The minimum Gasteiger partial charge on any atom is -0.426 e. The number of carbonyl (C=O) groups excluding carboxylic acids is 1. The second-order valence-electron chi connectivity index (χ2n) is 7.55. The van der Waals surface area contributed by atoms with Crippen molar-refractivity contribution in [3.8, 4) is 5.75 Å². The van der Waals surface area contributed by atoms with Crippen molar-refractivity contribution in [2.45, 2.75) is 59.9 Å². The number of nitrogen functional groups attached to an aromatic ring is 1. The van der Waals surface area contributed by atoms with E-state index in [0.717, 1.165) is 24.1 Å². The quantitative estimate of drug-likeness (QED) is 0.500. The molecule has 1 aromatic carbocycles. The van der Waals surface area contributed by atoms with E-state index in [1.807, 2.05) is 13.0 Å². The fourth-order valence-corrected chi connectivity index (χ4v) is 3.77. The molecule has 22 heavy (non-hydrogen) atoms. The van der Waals surface area contributed by atoms with Gasteiger partial charge < -0.3 is 15.8 Å². The van der Waals surface area contributed by atoms with Crippen LogP contribution < -0.4 is 15.8 Å². The van der Waals surface area contributed by atoms with E-state index in [2.05, 4.69) is 26.1 Å². The molecule has 1 aliphatic carbocycles. The van der Waals surface area contributed by atoms with Crippen LogP contribution in [0.4, 0.5) is 11.4 Å². The van der Waals surface area contributed by atoms with Crippen LogP contribution in [0.2, 0.25) is 0 Å². The zero-order valence-electron chi connectivity index (χ0n) is 14.3. The molecule has 0 spiro atoms. The van der Waals surface area contributed by atoms with Gasteiger partial charge in [-0.15, -0.1) is 0 Å². The largest absolute Gasteiger partial charge is 0.426 e. The van der Waals surface area contributed by atoms with Crippen LogP contribution in [0.5, 0.6) is 5.75 Å². The number of benzene rings is 1. The first-order valence-corrected chi connectivity index (χ1v) is 8.01. The summed E-state index contributed by atoms with van der Waals surface area (Å²) in [7, 11) is 0. The zero-order chi connectivity index (χ0) is 16.5. The van der Waals surface area contributed by atoms with Crippen LogP contribution in [0.15, 0.2) is 12.1 Å². The summed E-state index contributed by atoms with van der Waals surface area (Å²) in [5.41, 5.74) is 8.96. The van der Waals surface area contributed by atoms with Gasteiger partial charge in [0.2, 0.25) is 0 Å². The van der Waals surface area contributed by atoms with Crippen molar-refractivity contribution >= 4 is 17.3 Å². The van der Waals surface area contributed by atoms with Crippen LogP contribution in [-0.4, -0.2) is 12.0 Å². The SMILES string of the molecule is CC(=O)Oc1cc(N)c(N[C@H]2C[C@@H](C)CC(C)(C)C2)cc1C. The van der Waals surface area contributed by atoms with Crippen LogP contribution in [0.3, 0.4) is 0 Å². The standard InChI is InChI=1S/C18H28N2O2/c1-11-6-14(10-18(4,5)9-11)20-16-7-12(2)17(8-15(16)19)22-13(3)21/h7-8,11,14,20H,6,9-10,19H2,1-5H3/t11-,14+/m1/s1. The molecule has 0 unspecified atom stereocenters. The summed E-state index contributed by atoms with van der Waals surface area (Å²) in [5, 5.41) is 3.59. The van der Waals surface area contributed by atoms with Crippen molar-refractivity contribution < 1.29 is 9.53 Å². The zero-order valence-corrected chi connectivity index (χ0v) is 14.3. The molecule has 122 valence electrons. The van der Waals surface area contributed by atoms with Crippen LogP contribution in [0.1, 0.15) is 52.5 Å². The van der Waals surface area contributed by atoms with E-state index >= 15 is 0 Å². The Hall–Kier alpha value is -1.71. The summed E-state index contributed by atoms with van der Waals surface area (Å²) < 4.78 is 5.17. The summed E-state index contributed by atoms with van der Waals surface area (Å²) in [6.07, 6.45) is 3.57. The van der Waals surface area contributed by atoms with Gasteiger partial charge >= 0.3 is 5.97 Å². The summed E-state index contributed by atoms with van der Waals surface area (Å²) in [4.78, 5) is 11.1. The number of carbonyl (C=O) groups is 1. The molecule has 0 radical (unpaired) electrons. The van der Waals surface area contributed by atoms with Crippen molar-refractivity contribution in [2.24, 2.45) is 11.3 Å². The topological polar surface area (TPSA) is 64.3 Å². The third kappa shape index (κ3) is 4.15. The Labute approximate surface area is 133 Å². The van der Waals surface area contributed by atoms with Crippen molar-refractivity contribution in [1.82, 2.24) is 0 Å². The molecule has 1 aromatic rings. The Bertz CT molecular complexity index is 566. The second-order valence-corrected chi connectivity index (χ2v) is 7.55. The van der Waals surface area contributed by atoms with Gasteiger partial charge in [0.05, 0.1) is 11.4 Å². The Morgan fingerprint density at radius 2 is 2.05 bits per heavy atom. The number of nitrogens with one attached hydrogen (secondary N) is 1. The number of rotatable bonds is 3. The molecule has 4 heteroatoms. The van der Waals surface area contributed by atoms with E-state index in [4.69, 9.17) is 10.5 Å². The number of anilines is 2. The highest BCUT2D eigenvalue weighted by atomic mass is 16.5. The summed E-state index contributed by atoms with van der Waals surface area (Å²) in [6.45, 7) is 10.3. The molecule has 0 amide bonds. The molecule has 4 nitrogen and oxygen atoms in total. The molecule has 2 atom stereocenters. The van der Waals surface area contributed by atoms with Crippen LogP contribution in [0.25, 0.3) is 0 Å². The molecule has 0 bridgehead atoms. The van der Waals surface area contributed by atoms with E-state index in [1.165, 1.54) is 13.3 Å². The lowest BCUT2D eigenvalue weighted by Gasteiger charge is -2.39. The first-order chi connectivity index (χ1) is 10.2. The van der Waals surface area contributed by atoms with E-state index in [1.54, 1.807) is 6.07 Å². The first-order valence-electron chi connectivity index (χ1n) is 8.01. The van der Waals surface area contributed by atoms with Gasteiger partial charge in [-0.1, -0.05) is 20.8 Å². The molecular weight excluding hydrogens is 276 g/mol. The summed E-state index contributed by atoms with van der Waals surface area (Å²) in [6, 6.07) is 4.14. The number of nitrogens with two attached hydrogens (primary N) is 1. The predicted molar refractivity (Wildman–Crippen MR) is 91.1 cm³/mol. The first kappa shape index (κ1) is 16.7. The lowest BCUT2D eigenvalue weighted by molar-refractivity contribution is -0.131. The van der Waals surface area contributed by atoms with E-state index in [-0.39, 0.29) is 5.97 Å². The van der Waals surface area contributed by atoms with Gasteiger partial charge in [-0.3, -0.25) is 4.79 Å². The van der Waals surface area contributed by atoms with Crippen molar-refractivity contribution in [3.63, 3.8) is 0 Å². The normalized spacial score (nSPS) is 23.9. The number of esters is 1. The maximum atomic E-state index is 11.1. The van der Waals surface area contributed by atoms with Gasteiger partial charge in [0.1, 0.15) is 5.75 Å². The molecule has 1 aliphatic rings. The fourth-order valence-electron chi connectivity index (χ4n) is 3.77. The third-order valence-corrected chi connectivity index (χ3v) is 4.35. The second kappa shape index (κ2) is 6.19. The molecular formula is C18H28N2O2. The van der Waals surface area contributed by atoms with E-state index in [0.29, 0.717) is 28.8 Å². The summed E-state index contributed by atoms with van der Waals surface area (Å²) in [5.74, 6) is 0.919. The number of hydrogen-bond acceptors (Lipinski definition) is 4. The average molecular weight is 304 g/mol. The smallest absolute Gasteiger partial charge is 0.308 e. The number of ether oxygens (including phenoxy) is 1. The van der Waals surface area contributed by atoms with Gasteiger partial charge in [0, 0.05) is 19.0 Å². The molecule has 0 saturated heterocycles. The molecule has 0 aromatic heterocycles. The van der Waals surface area contributed by atoms with Crippen LogP contribution in [0, 0.1) is 18.3 Å². The van der Waals surface area contributed by atoms with E-state index in [9.17, 15) is 4.79 Å². The van der Waals surface area contributed by atoms with E-state index < -0.39 is 0 Å². The maximum absolute atomic E-state index is 11.1. The molecule has 0 aliphatic heterocycles. The lowest BCUT2D eigenvalue weighted by atomic mass is 9.70. The Morgan fingerprint density at radius 1 is 1.36 bits per heavy atom. The molecule has 1 fully saturated rings. The maximum Gasteiger partial charge on any atom is 0.308 e. The Kier molecular flexibility index (Phi) is 4.69. The fraction of sp³-hybridized carbons (Fsp3) is 0.611. The minimum atomic E-state index is -0.328. The molecule has 1 saturated carbocycles.